The lowest BCUT2D eigenvalue weighted by molar-refractivity contribution is -0.141. The van der Waals surface area contributed by atoms with Crippen molar-refractivity contribution < 1.29 is 45.5 Å². The highest BCUT2D eigenvalue weighted by Crippen LogP contribution is 2.48. The number of likely N-dealkylation sites (tertiary alicyclic amines) is 1. The number of carbonyl (C=O) groups is 4. The summed E-state index contributed by atoms with van der Waals surface area (Å²) in [6, 6.07) is 7.31. The van der Waals surface area contributed by atoms with Gasteiger partial charge in [0.05, 0.1) is 23.4 Å². The summed E-state index contributed by atoms with van der Waals surface area (Å²) in [6.45, 7) is 8.68. The Kier molecular flexibility index (Phi) is 10.2. The van der Waals surface area contributed by atoms with Crippen molar-refractivity contribution >= 4 is 51.1 Å². The molecule has 4 amide bonds. The molecule has 0 bridgehead atoms. The van der Waals surface area contributed by atoms with E-state index in [1.165, 1.54) is 28.9 Å². The van der Waals surface area contributed by atoms with Gasteiger partial charge in [-0.3, -0.25) is 24.0 Å². The molecule has 1 saturated heterocycles. The molecular weight excluding hydrogens is 751 g/mol. The van der Waals surface area contributed by atoms with E-state index in [2.05, 4.69) is 15.4 Å². The van der Waals surface area contributed by atoms with Crippen LogP contribution < -0.4 is 15.4 Å². The summed E-state index contributed by atoms with van der Waals surface area (Å²) in [5, 5.41) is 6.21. The van der Waals surface area contributed by atoms with Crippen molar-refractivity contribution in [2.75, 3.05) is 11.9 Å². The Hall–Kier alpha value is -4.05. The summed E-state index contributed by atoms with van der Waals surface area (Å²) in [4.78, 5) is 58.5. The molecule has 2 aromatic rings. The summed E-state index contributed by atoms with van der Waals surface area (Å²) >= 11 is 6.34. The van der Waals surface area contributed by atoms with Crippen molar-refractivity contribution in [2.24, 2.45) is 11.3 Å². The van der Waals surface area contributed by atoms with Gasteiger partial charge < -0.3 is 20.3 Å². The molecule has 54 heavy (non-hydrogen) atoms. The molecule has 1 unspecified atom stereocenters. The van der Waals surface area contributed by atoms with Crippen molar-refractivity contribution in [3.63, 3.8) is 0 Å². The minimum Gasteiger partial charge on any atom is -0.444 e. The van der Waals surface area contributed by atoms with Crippen LogP contribution in [0.25, 0.3) is 0 Å². The van der Waals surface area contributed by atoms with Gasteiger partial charge >= 0.3 is 12.3 Å². The van der Waals surface area contributed by atoms with Gasteiger partial charge in [0.2, 0.25) is 21.8 Å². The molecule has 2 saturated carbocycles. The molecule has 294 valence electrons. The van der Waals surface area contributed by atoms with Gasteiger partial charge in [0.25, 0.3) is 5.91 Å². The number of ether oxygens (including phenoxy) is 1. The first-order chi connectivity index (χ1) is 25.1. The number of rotatable bonds is 10. The summed E-state index contributed by atoms with van der Waals surface area (Å²) < 4.78 is 73.7. The van der Waals surface area contributed by atoms with E-state index < -0.39 is 79.5 Å². The zero-order valence-electron chi connectivity index (χ0n) is 30.7. The number of hydrogen-bond acceptors (Lipinski definition) is 8. The van der Waals surface area contributed by atoms with Crippen LogP contribution in [0.3, 0.4) is 0 Å². The maximum Gasteiger partial charge on any atom is 0.416 e. The molecule has 2 heterocycles. The maximum absolute atomic E-state index is 14.5. The number of carbonyl (C=O) groups excluding carboxylic acids is 4. The summed E-state index contributed by atoms with van der Waals surface area (Å²) in [5.74, 6) is -2.64. The predicted octanol–water partition coefficient (Wildman–Crippen LogP) is 5.59. The third kappa shape index (κ3) is 7.73. The average Bonchev–Trinajstić information content (AvgIpc) is 3.89. The number of sulfonamides is 1. The Balaban J connectivity index is 1.26. The van der Waals surface area contributed by atoms with E-state index in [1.54, 1.807) is 39.8 Å². The quantitative estimate of drug-likeness (QED) is 0.282. The third-order valence-corrected chi connectivity index (χ3v) is 13.6. The molecule has 0 spiro atoms. The molecule has 0 aromatic heterocycles. The Morgan fingerprint density at radius 3 is 2.33 bits per heavy atom. The SMILES string of the molecule is CC[C@@H]1C[C@]1(NC(=O)C1C[C@@H](OC(=O)N2Cc3cccc(Cl)c3C2)CN1C(=O)[C@@H](Nc1cccc(C(F)(F)F)c1)C(C)(C)C)C(=O)NS(=O)(=O)C1(C)CC1. The number of fused-ring (bicyclic) bond motifs is 1. The zero-order valence-corrected chi connectivity index (χ0v) is 32.3. The normalized spacial score (nSPS) is 25.0. The molecule has 6 rings (SSSR count). The van der Waals surface area contributed by atoms with E-state index in [9.17, 15) is 40.8 Å². The summed E-state index contributed by atoms with van der Waals surface area (Å²) in [5.41, 5.74) is -1.71. The number of hydrogen-bond donors (Lipinski definition) is 3. The van der Waals surface area contributed by atoms with Crippen LogP contribution in [0, 0.1) is 11.3 Å². The zero-order chi connectivity index (χ0) is 39.6. The Morgan fingerprint density at radius 1 is 1.06 bits per heavy atom. The first-order valence-corrected chi connectivity index (χ1v) is 19.8. The minimum absolute atomic E-state index is 0.0264. The van der Waals surface area contributed by atoms with Gasteiger partial charge in [0, 0.05) is 23.7 Å². The fourth-order valence-corrected chi connectivity index (χ4v) is 8.83. The van der Waals surface area contributed by atoms with E-state index in [1.807, 2.05) is 6.07 Å². The predicted molar refractivity (Wildman–Crippen MR) is 193 cm³/mol. The van der Waals surface area contributed by atoms with Crippen molar-refractivity contribution in [1.29, 1.82) is 0 Å². The molecule has 17 heteroatoms. The molecule has 3 fully saturated rings. The second-order valence-corrected chi connectivity index (χ2v) is 18.8. The molecule has 0 radical (unpaired) electrons. The fraction of sp³-hybridized carbons (Fsp3) is 0.568. The molecule has 4 aliphatic rings. The van der Waals surface area contributed by atoms with Gasteiger partial charge in [-0.1, -0.05) is 63.9 Å². The molecular formula is C37H45ClF3N5O7S. The lowest BCUT2D eigenvalue weighted by Crippen LogP contribution is -2.59. The van der Waals surface area contributed by atoms with E-state index in [0.29, 0.717) is 24.3 Å². The van der Waals surface area contributed by atoms with Gasteiger partial charge in [-0.25, -0.2) is 13.2 Å². The number of nitrogens with zero attached hydrogens (tertiary/aromatic N) is 2. The van der Waals surface area contributed by atoms with Crippen LogP contribution in [0.2, 0.25) is 5.02 Å². The van der Waals surface area contributed by atoms with Crippen LogP contribution in [0.15, 0.2) is 42.5 Å². The fourth-order valence-electron chi connectivity index (χ4n) is 7.26. The summed E-state index contributed by atoms with van der Waals surface area (Å²) in [7, 11) is -4.03. The lowest BCUT2D eigenvalue weighted by Gasteiger charge is -2.36. The minimum atomic E-state index is -4.63. The van der Waals surface area contributed by atoms with Crippen LogP contribution in [-0.2, 0) is 48.4 Å². The second kappa shape index (κ2) is 13.9. The van der Waals surface area contributed by atoms with Crippen LogP contribution in [0.4, 0.5) is 23.7 Å². The topological polar surface area (TPSA) is 154 Å². The maximum atomic E-state index is 14.5. The van der Waals surface area contributed by atoms with Crippen molar-refractivity contribution in [2.45, 2.75) is 114 Å². The van der Waals surface area contributed by atoms with Crippen LogP contribution in [-0.4, -0.2) is 77.1 Å². The number of amides is 4. The number of halogens is 4. The van der Waals surface area contributed by atoms with E-state index in [-0.39, 0.29) is 44.1 Å². The average molecular weight is 796 g/mol. The molecule has 2 aliphatic heterocycles. The van der Waals surface area contributed by atoms with E-state index in [0.717, 1.165) is 23.3 Å². The largest absolute Gasteiger partial charge is 0.444 e. The monoisotopic (exact) mass is 795 g/mol. The highest BCUT2D eigenvalue weighted by atomic mass is 35.5. The number of anilines is 1. The van der Waals surface area contributed by atoms with Crippen LogP contribution >= 0.6 is 11.6 Å². The first kappa shape index (κ1) is 39.6. The number of nitrogens with one attached hydrogen (secondary N) is 3. The highest BCUT2D eigenvalue weighted by Gasteiger charge is 2.63. The molecule has 2 aromatic carbocycles. The second-order valence-electron chi connectivity index (χ2n) is 16.2. The van der Waals surface area contributed by atoms with Crippen molar-refractivity contribution in [3.05, 3.63) is 64.2 Å². The third-order valence-electron chi connectivity index (χ3n) is 11.1. The van der Waals surface area contributed by atoms with Crippen LogP contribution in [0.1, 0.15) is 83.4 Å². The van der Waals surface area contributed by atoms with Gasteiger partial charge in [0.15, 0.2) is 0 Å². The Morgan fingerprint density at radius 2 is 1.74 bits per heavy atom. The van der Waals surface area contributed by atoms with E-state index >= 15 is 0 Å². The van der Waals surface area contributed by atoms with Gasteiger partial charge in [-0.05, 0) is 72.9 Å². The standard InChI is InChI=1S/C37H45ClF3N5O7S/c1-6-22-17-36(22,32(49)44-54(51,52)35(5)13-14-35)43-30(47)28-16-25(53-33(50)45-18-21-9-7-12-27(38)26(21)20-45)19-46(28)31(48)29(34(2,3)4)42-24-11-8-10-23(15-24)37(39,40)41/h7-12,15,22,25,28-29,42H,6,13-14,16-20H2,1-5H3,(H,43,47)(H,44,49)/t22-,25-,28?,29-,36-/m1/s1. The van der Waals surface area contributed by atoms with Gasteiger partial charge in [-0.2, -0.15) is 13.2 Å². The van der Waals surface area contributed by atoms with Crippen molar-refractivity contribution in [3.8, 4) is 0 Å². The molecule has 12 nitrogen and oxygen atoms in total. The first-order valence-electron chi connectivity index (χ1n) is 17.9. The highest BCUT2D eigenvalue weighted by molar-refractivity contribution is 7.91. The number of alkyl halides is 3. The van der Waals surface area contributed by atoms with Crippen molar-refractivity contribution in [1.82, 2.24) is 19.8 Å². The van der Waals surface area contributed by atoms with Gasteiger partial charge in [-0.15, -0.1) is 0 Å². The molecule has 5 atom stereocenters. The lowest BCUT2D eigenvalue weighted by atomic mass is 9.85. The smallest absolute Gasteiger partial charge is 0.416 e. The van der Waals surface area contributed by atoms with Gasteiger partial charge in [0.1, 0.15) is 23.7 Å². The Labute approximate surface area is 317 Å². The van der Waals surface area contributed by atoms with Crippen LogP contribution in [0.5, 0.6) is 0 Å². The Bertz CT molecular complexity index is 1970. The molecule has 2 aliphatic carbocycles. The molecule has 3 N–H and O–H groups in total. The number of benzene rings is 2. The van der Waals surface area contributed by atoms with E-state index in [4.69, 9.17) is 16.3 Å². The summed E-state index contributed by atoms with van der Waals surface area (Å²) in [6.07, 6.45) is -5.05.